The van der Waals surface area contributed by atoms with Gasteiger partial charge in [0.1, 0.15) is 0 Å². The molecule has 0 aliphatic rings. The van der Waals surface area contributed by atoms with Gasteiger partial charge >= 0.3 is 5.97 Å². The summed E-state index contributed by atoms with van der Waals surface area (Å²) >= 11 is 12.2. The van der Waals surface area contributed by atoms with E-state index in [1.165, 1.54) is 11.8 Å². The van der Waals surface area contributed by atoms with E-state index in [2.05, 4.69) is 10.3 Å². The molecule has 1 aromatic heterocycles. The van der Waals surface area contributed by atoms with E-state index in [-0.39, 0.29) is 18.8 Å². The molecule has 0 aliphatic heterocycles. The van der Waals surface area contributed by atoms with E-state index in [9.17, 15) is 4.79 Å². The van der Waals surface area contributed by atoms with E-state index in [0.29, 0.717) is 21.3 Å². The Balaban J connectivity index is 2.41. The number of hydrogen-bond acceptors (Lipinski definition) is 4. The van der Waals surface area contributed by atoms with Crippen LogP contribution in [0.5, 0.6) is 0 Å². The first kappa shape index (κ1) is 14.8. The van der Waals surface area contributed by atoms with Crippen molar-refractivity contribution in [2.75, 3.05) is 7.11 Å². The number of ether oxygens (including phenoxy) is 1. The van der Waals surface area contributed by atoms with Crippen molar-refractivity contribution in [1.82, 2.24) is 15.0 Å². The summed E-state index contributed by atoms with van der Waals surface area (Å²) in [6.45, 7) is 0.300. The van der Waals surface area contributed by atoms with Crippen molar-refractivity contribution in [2.45, 2.75) is 13.2 Å². The second-order valence-corrected chi connectivity index (χ2v) is 4.80. The van der Waals surface area contributed by atoms with Gasteiger partial charge in [-0.25, -0.2) is 9.48 Å². The molecule has 0 spiro atoms. The van der Waals surface area contributed by atoms with Crippen molar-refractivity contribution in [1.29, 1.82) is 0 Å². The number of benzene rings is 1. The lowest BCUT2D eigenvalue weighted by atomic mass is 10.2. The minimum atomic E-state index is -1.16. The lowest BCUT2D eigenvalue weighted by Crippen LogP contribution is -2.10. The Labute approximate surface area is 124 Å². The maximum Gasteiger partial charge on any atom is 0.358 e. The summed E-state index contributed by atoms with van der Waals surface area (Å²) in [5.74, 6) is -1.16. The van der Waals surface area contributed by atoms with Gasteiger partial charge in [-0.3, -0.25) is 0 Å². The zero-order valence-electron chi connectivity index (χ0n) is 10.5. The zero-order chi connectivity index (χ0) is 14.7. The van der Waals surface area contributed by atoms with Crippen molar-refractivity contribution in [3.8, 4) is 0 Å². The molecule has 106 valence electrons. The number of nitrogens with zero attached hydrogens (tertiary/aromatic N) is 3. The molecule has 1 heterocycles. The molecule has 0 radical (unpaired) electrons. The van der Waals surface area contributed by atoms with Crippen LogP contribution >= 0.6 is 23.2 Å². The topological polar surface area (TPSA) is 77.2 Å². The molecule has 8 heteroatoms. The SMILES string of the molecule is COCc1c(C(=O)O)nnn1Cc1c(Cl)cccc1Cl. The highest BCUT2D eigenvalue weighted by Crippen LogP contribution is 2.25. The van der Waals surface area contributed by atoms with Gasteiger partial charge in [0.25, 0.3) is 0 Å². The fourth-order valence-electron chi connectivity index (χ4n) is 1.74. The highest BCUT2D eigenvalue weighted by Gasteiger charge is 2.20. The number of methoxy groups -OCH3 is 1. The molecule has 0 amide bonds. The summed E-state index contributed by atoms with van der Waals surface area (Å²) in [5.41, 5.74) is 0.862. The molecule has 2 aromatic rings. The van der Waals surface area contributed by atoms with Gasteiger partial charge in [0, 0.05) is 22.7 Å². The van der Waals surface area contributed by atoms with E-state index in [4.69, 9.17) is 33.0 Å². The summed E-state index contributed by atoms with van der Waals surface area (Å²) in [6, 6.07) is 5.13. The van der Waals surface area contributed by atoms with Crippen LogP contribution in [0.4, 0.5) is 0 Å². The minimum absolute atomic E-state index is 0.0801. The summed E-state index contributed by atoms with van der Waals surface area (Å²) in [5, 5.41) is 17.5. The summed E-state index contributed by atoms with van der Waals surface area (Å²) in [6.07, 6.45) is 0. The predicted octanol–water partition coefficient (Wildman–Crippen LogP) is 2.48. The maximum absolute atomic E-state index is 11.1. The second-order valence-electron chi connectivity index (χ2n) is 3.98. The summed E-state index contributed by atoms with van der Waals surface area (Å²) in [7, 11) is 1.46. The average Bonchev–Trinajstić information content (AvgIpc) is 2.78. The van der Waals surface area contributed by atoms with Crippen LogP contribution in [0.1, 0.15) is 21.7 Å². The lowest BCUT2D eigenvalue weighted by molar-refractivity contribution is 0.0684. The lowest BCUT2D eigenvalue weighted by Gasteiger charge is -2.09. The number of carboxylic acid groups (broad SMARTS) is 1. The number of aromatic nitrogens is 3. The minimum Gasteiger partial charge on any atom is -0.476 e. The first-order valence-electron chi connectivity index (χ1n) is 5.62. The van der Waals surface area contributed by atoms with Gasteiger partial charge in [-0.2, -0.15) is 0 Å². The second kappa shape index (κ2) is 6.21. The number of aromatic carboxylic acids is 1. The molecular weight excluding hydrogens is 305 g/mol. The third-order valence-corrected chi connectivity index (χ3v) is 3.40. The molecule has 20 heavy (non-hydrogen) atoms. The van der Waals surface area contributed by atoms with Crippen molar-refractivity contribution in [3.05, 3.63) is 45.2 Å². The molecule has 0 saturated carbocycles. The van der Waals surface area contributed by atoms with Crippen LogP contribution < -0.4 is 0 Å². The van der Waals surface area contributed by atoms with E-state index in [0.717, 1.165) is 0 Å². The smallest absolute Gasteiger partial charge is 0.358 e. The van der Waals surface area contributed by atoms with Crippen molar-refractivity contribution in [2.24, 2.45) is 0 Å². The van der Waals surface area contributed by atoms with Crippen LogP contribution in [0.3, 0.4) is 0 Å². The van der Waals surface area contributed by atoms with Gasteiger partial charge in [0.2, 0.25) is 0 Å². The van der Waals surface area contributed by atoms with Crippen molar-refractivity contribution >= 4 is 29.2 Å². The number of carboxylic acids is 1. The molecule has 0 atom stereocenters. The number of hydrogen-bond donors (Lipinski definition) is 1. The Morgan fingerprint density at radius 2 is 2.05 bits per heavy atom. The van der Waals surface area contributed by atoms with E-state index in [1.807, 2.05) is 0 Å². The number of rotatable bonds is 5. The number of carbonyl (C=O) groups is 1. The quantitative estimate of drug-likeness (QED) is 0.917. The molecule has 0 unspecified atom stereocenters. The highest BCUT2D eigenvalue weighted by atomic mass is 35.5. The zero-order valence-corrected chi connectivity index (χ0v) is 12.0. The summed E-state index contributed by atoms with van der Waals surface area (Å²) in [4.78, 5) is 11.1. The molecule has 0 fully saturated rings. The van der Waals surface area contributed by atoms with E-state index < -0.39 is 5.97 Å². The van der Waals surface area contributed by atoms with Gasteiger partial charge in [0.15, 0.2) is 5.69 Å². The molecule has 0 saturated heterocycles. The molecule has 1 N–H and O–H groups in total. The maximum atomic E-state index is 11.1. The third kappa shape index (κ3) is 2.92. The molecule has 0 aliphatic carbocycles. The molecule has 1 aromatic carbocycles. The van der Waals surface area contributed by atoms with Gasteiger partial charge in [0.05, 0.1) is 18.8 Å². The normalized spacial score (nSPS) is 10.8. The molecule has 0 bridgehead atoms. The van der Waals surface area contributed by atoms with Crippen molar-refractivity contribution in [3.63, 3.8) is 0 Å². The Morgan fingerprint density at radius 1 is 1.40 bits per heavy atom. The van der Waals surface area contributed by atoms with Crippen molar-refractivity contribution < 1.29 is 14.6 Å². The Hall–Kier alpha value is -1.63. The molecular formula is C12H11Cl2N3O3. The average molecular weight is 316 g/mol. The standard InChI is InChI=1S/C12H11Cl2N3O3/c1-20-6-10-11(12(18)19)15-16-17(10)5-7-8(13)3-2-4-9(7)14/h2-4H,5-6H2,1H3,(H,18,19). The first-order chi connectivity index (χ1) is 9.54. The predicted molar refractivity (Wildman–Crippen MR) is 73.3 cm³/mol. The highest BCUT2D eigenvalue weighted by molar-refractivity contribution is 6.35. The third-order valence-electron chi connectivity index (χ3n) is 2.69. The monoisotopic (exact) mass is 315 g/mol. The summed E-state index contributed by atoms with van der Waals surface area (Å²) < 4.78 is 6.40. The van der Waals surface area contributed by atoms with Crippen LogP contribution in [0, 0.1) is 0 Å². The van der Waals surface area contributed by atoms with E-state index >= 15 is 0 Å². The van der Waals surface area contributed by atoms with Crippen LogP contribution in [0.15, 0.2) is 18.2 Å². The fourth-order valence-corrected chi connectivity index (χ4v) is 2.26. The van der Waals surface area contributed by atoms with Gasteiger partial charge in [-0.1, -0.05) is 34.5 Å². The number of halogens is 2. The van der Waals surface area contributed by atoms with Crippen LogP contribution in [0.25, 0.3) is 0 Å². The fraction of sp³-hybridized carbons (Fsp3) is 0.250. The molecule has 6 nitrogen and oxygen atoms in total. The van der Waals surface area contributed by atoms with Crippen LogP contribution in [0.2, 0.25) is 10.0 Å². The van der Waals surface area contributed by atoms with Crippen LogP contribution in [-0.4, -0.2) is 33.2 Å². The van der Waals surface area contributed by atoms with Crippen LogP contribution in [-0.2, 0) is 17.9 Å². The Morgan fingerprint density at radius 3 is 2.60 bits per heavy atom. The first-order valence-corrected chi connectivity index (χ1v) is 6.37. The van der Waals surface area contributed by atoms with Gasteiger partial charge in [-0.15, -0.1) is 5.10 Å². The van der Waals surface area contributed by atoms with Gasteiger partial charge in [-0.05, 0) is 12.1 Å². The largest absolute Gasteiger partial charge is 0.476 e. The van der Waals surface area contributed by atoms with Gasteiger partial charge < -0.3 is 9.84 Å². The Kier molecular flexibility index (Phi) is 4.59. The van der Waals surface area contributed by atoms with E-state index in [1.54, 1.807) is 18.2 Å². The molecule has 2 rings (SSSR count). The Bertz CT molecular complexity index is 623.